The van der Waals surface area contributed by atoms with Crippen molar-refractivity contribution in [3.63, 3.8) is 0 Å². The number of imidazole rings is 1. The van der Waals surface area contributed by atoms with E-state index in [2.05, 4.69) is 45.0 Å². The molecule has 0 aliphatic rings. The third-order valence-corrected chi connectivity index (χ3v) is 4.32. The Morgan fingerprint density at radius 3 is 2.90 bits per heavy atom. The SMILES string of the molecule is Cc1ccc2nc(Sc3cc(Br)ccc3C#N)[nH]c2c1. The average Bonchev–Trinajstić information content (AvgIpc) is 2.80. The van der Waals surface area contributed by atoms with Gasteiger partial charge in [-0.05, 0) is 42.8 Å². The van der Waals surface area contributed by atoms with E-state index >= 15 is 0 Å². The van der Waals surface area contributed by atoms with E-state index < -0.39 is 0 Å². The number of nitrogens with one attached hydrogen (secondary N) is 1. The second kappa shape index (κ2) is 5.31. The summed E-state index contributed by atoms with van der Waals surface area (Å²) in [6.45, 7) is 2.05. The number of halogens is 1. The lowest BCUT2D eigenvalue weighted by Crippen LogP contribution is -1.82. The molecule has 0 aliphatic carbocycles. The summed E-state index contributed by atoms with van der Waals surface area (Å²) in [5.41, 5.74) is 3.79. The molecular formula is C15H10BrN3S. The molecule has 20 heavy (non-hydrogen) atoms. The fourth-order valence-electron chi connectivity index (χ4n) is 1.93. The van der Waals surface area contributed by atoms with Crippen molar-refractivity contribution in [3.05, 3.63) is 52.0 Å². The lowest BCUT2D eigenvalue weighted by Gasteiger charge is -2.01. The lowest BCUT2D eigenvalue weighted by atomic mass is 10.2. The number of fused-ring (bicyclic) bond motifs is 1. The van der Waals surface area contributed by atoms with Gasteiger partial charge in [-0.25, -0.2) is 4.98 Å². The zero-order chi connectivity index (χ0) is 14.1. The zero-order valence-corrected chi connectivity index (χ0v) is 13.0. The highest BCUT2D eigenvalue weighted by Gasteiger charge is 2.09. The molecule has 2 aromatic carbocycles. The van der Waals surface area contributed by atoms with Crippen LogP contribution in [0.3, 0.4) is 0 Å². The van der Waals surface area contributed by atoms with Crippen LogP contribution in [-0.4, -0.2) is 9.97 Å². The summed E-state index contributed by atoms with van der Waals surface area (Å²) in [6.07, 6.45) is 0. The molecule has 3 aromatic rings. The first-order chi connectivity index (χ1) is 9.65. The molecule has 1 aromatic heterocycles. The van der Waals surface area contributed by atoms with E-state index in [0.717, 1.165) is 25.6 Å². The number of benzene rings is 2. The van der Waals surface area contributed by atoms with Crippen molar-refractivity contribution in [2.24, 2.45) is 0 Å². The molecule has 0 saturated carbocycles. The molecule has 0 fully saturated rings. The third kappa shape index (κ3) is 2.58. The summed E-state index contributed by atoms with van der Waals surface area (Å²) in [5.74, 6) is 0. The quantitative estimate of drug-likeness (QED) is 0.736. The number of rotatable bonds is 2. The Bertz CT molecular complexity index is 833. The molecule has 0 spiro atoms. The van der Waals surface area contributed by atoms with E-state index in [0.29, 0.717) is 5.56 Å². The number of H-pyrrole nitrogens is 1. The van der Waals surface area contributed by atoms with Crippen molar-refractivity contribution < 1.29 is 0 Å². The highest BCUT2D eigenvalue weighted by Crippen LogP contribution is 2.31. The van der Waals surface area contributed by atoms with Gasteiger partial charge in [-0.2, -0.15) is 5.26 Å². The molecule has 3 rings (SSSR count). The summed E-state index contributed by atoms with van der Waals surface area (Å²) >= 11 is 4.90. The maximum Gasteiger partial charge on any atom is 0.171 e. The average molecular weight is 344 g/mol. The molecule has 1 N–H and O–H groups in total. The van der Waals surface area contributed by atoms with Gasteiger partial charge in [-0.1, -0.05) is 33.8 Å². The van der Waals surface area contributed by atoms with Crippen molar-refractivity contribution in [3.8, 4) is 6.07 Å². The normalized spacial score (nSPS) is 10.7. The van der Waals surface area contributed by atoms with Crippen LogP contribution in [0.1, 0.15) is 11.1 Å². The molecule has 5 heteroatoms. The second-order valence-corrected chi connectivity index (χ2v) is 6.36. The third-order valence-electron chi connectivity index (χ3n) is 2.89. The molecule has 3 nitrogen and oxygen atoms in total. The Balaban J connectivity index is 2.01. The van der Waals surface area contributed by atoms with E-state index in [4.69, 9.17) is 5.26 Å². The van der Waals surface area contributed by atoms with Crippen LogP contribution in [0, 0.1) is 18.3 Å². The Morgan fingerprint density at radius 1 is 1.25 bits per heavy atom. The van der Waals surface area contributed by atoms with Crippen molar-refractivity contribution in [2.75, 3.05) is 0 Å². The van der Waals surface area contributed by atoms with E-state index in [1.807, 2.05) is 24.3 Å². The van der Waals surface area contributed by atoms with Gasteiger partial charge in [0.25, 0.3) is 0 Å². The molecule has 0 amide bonds. The molecule has 1 heterocycles. The fraction of sp³-hybridized carbons (Fsp3) is 0.0667. The Kier molecular flexibility index (Phi) is 3.51. The van der Waals surface area contributed by atoms with Crippen LogP contribution in [0.2, 0.25) is 0 Å². The number of hydrogen-bond acceptors (Lipinski definition) is 3. The largest absolute Gasteiger partial charge is 0.333 e. The predicted octanol–water partition coefficient (Wildman–Crippen LogP) is 4.66. The van der Waals surface area contributed by atoms with Gasteiger partial charge >= 0.3 is 0 Å². The summed E-state index contributed by atoms with van der Waals surface area (Å²) < 4.78 is 0.950. The molecule has 0 unspecified atom stereocenters. The van der Waals surface area contributed by atoms with Gasteiger partial charge in [-0.3, -0.25) is 0 Å². The fourth-order valence-corrected chi connectivity index (χ4v) is 3.36. The first kappa shape index (κ1) is 13.2. The number of nitrogens with zero attached hydrogens (tertiary/aromatic N) is 2. The van der Waals surface area contributed by atoms with Crippen molar-refractivity contribution in [1.29, 1.82) is 5.26 Å². The van der Waals surface area contributed by atoms with Gasteiger partial charge in [0.1, 0.15) is 6.07 Å². The second-order valence-electron chi connectivity index (χ2n) is 4.42. The number of aryl methyl sites for hydroxylation is 1. The first-order valence-electron chi connectivity index (χ1n) is 5.99. The van der Waals surface area contributed by atoms with E-state index in [1.165, 1.54) is 17.3 Å². The Labute approximate surface area is 129 Å². The van der Waals surface area contributed by atoms with Crippen LogP contribution in [0.15, 0.2) is 50.9 Å². The monoisotopic (exact) mass is 343 g/mol. The standard InChI is InChI=1S/C15H10BrN3S/c1-9-2-5-12-13(6-9)19-15(18-12)20-14-7-11(16)4-3-10(14)8-17/h2-7H,1H3,(H,18,19). The van der Waals surface area contributed by atoms with Crippen LogP contribution >= 0.6 is 27.7 Å². The summed E-state index contributed by atoms with van der Waals surface area (Å²) in [4.78, 5) is 8.71. The molecule has 0 radical (unpaired) electrons. The molecular weight excluding hydrogens is 334 g/mol. The van der Waals surface area contributed by atoms with Crippen LogP contribution in [-0.2, 0) is 0 Å². The van der Waals surface area contributed by atoms with Gasteiger partial charge in [-0.15, -0.1) is 0 Å². The minimum absolute atomic E-state index is 0.648. The minimum atomic E-state index is 0.648. The van der Waals surface area contributed by atoms with Gasteiger partial charge in [0, 0.05) is 9.37 Å². The summed E-state index contributed by atoms with van der Waals surface area (Å²) in [5, 5.41) is 9.95. The zero-order valence-electron chi connectivity index (χ0n) is 10.6. The van der Waals surface area contributed by atoms with E-state index in [1.54, 1.807) is 6.07 Å². The molecule has 0 bridgehead atoms. The van der Waals surface area contributed by atoms with Crippen molar-refractivity contribution >= 4 is 38.7 Å². The molecule has 0 atom stereocenters. The van der Waals surface area contributed by atoms with E-state index in [9.17, 15) is 0 Å². The van der Waals surface area contributed by atoms with Gasteiger partial charge < -0.3 is 4.98 Å². The van der Waals surface area contributed by atoms with Crippen LogP contribution in [0.5, 0.6) is 0 Å². The van der Waals surface area contributed by atoms with Crippen LogP contribution in [0.25, 0.3) is 11.0 Å². The number of aromatic nitrogens is 2. The molecule has 0 aliphatic heterocycles. The van der Waals surface area contributed by atoms with Gasteiger partial charge in [0.15, 0.2) is 5.16 Å². The molecule has 98 valence electrons. The van der Waals surface area contributed by atoms with Gasteiger partial charge in [0.05, 0.1) is 16.6 Å². The smallest absolute Gasteiger partial charge is 0.171 e. The maximum atomic E-state index is 9.15. The summed E-state index contributed by atoms with van der Waals surface area (Å²) in [7, 11) is 0. The van der Waals surface area contributed by atoms with Gasteiger partial charge in [0.2, 0.25) is 0 Å². The Morgan fingerprint density at radius 2 is 2.10 bits per heavy atom. The topological polar surface area (TPSA) is 52.5 Å². The van der Waals surface area contributed by atoms with E-state index in [-0.39, 0.29) is 0 Å². The highest BCUT2D eigenvalue weighted by molar-refractivity contribution is 9.10. The number of nitriles is 1. The number of aromatic amines is 1. The Hall–Kier alpha value is -1.77. The lowest BCUT2D eigenvalue weighted by molar-refractivity contribution is 1.08. The first-order valence-corrected chi connectivity index (χ1v) is 7.60. The number of hydrogen-bond donors (Lipinski definition) is 1. The predicted molar refractivity (Wildman–Crippen MR) is 83.8 cm³/mol. The summed E-state index contributed by atoms with van der Waals surface area (Å²) in [6, 6.07) is 13.9. The highest BCUT2D eigenvalue weighted by atomic mass is 79.9. The molecule has 0 saturated heterocycles. The maximum absolute atomic E-state index is 9.15. The van der Waals surface area contributed by atoms with Crippen LogP contribution < -0.4 is 0 Å². The minimum Gasteiger partial charge on any atom is -0.333 e. The van der Waals surface area contributed by atoms with Crippen molar-refractivity contribution in [1.82, 2.24) is 9.97 Å². The van der Waals surface area contributed by atoms with Crippen molar-refractivity contribution in [2.45, 2.75) is 17.0 Å². The van der Waals surface area contributed by atoms with Crippen LogP contribution in [0.4, 0.5) is 0 Å².